The molecule has 0 radical (unpaired) electrons. The molecule has 84 valence electrons. The Morgan fingerprint density at radius 2 is 1.79 bits per heavy atom. The van der Waals surface area contributed by atoms with Crippen LogP contribution in [0.25, 0.3) is 0 Å². The van der Waals surface area contributed by atoms with E-state index in [4.69, 9.17) is 10.2 Å². The monoisotopic (exact) mass is 204 g/mol. The molecule has 1 unspecified atom stereocenters. The lowest BCUT2D eigenvalue weighted by molar-refractivity contribution is -0.160. The highest BCUT2D eigenvalue weighted by molar-refractivity contribution is 5.76. The Bertz CT molecular complexity index is 170. The average molecular weight is 204 g/mol. The van der Waals surface area contributed by atoms with E-state index in [1.54, 1.807) is 0 Å². The molecule has 0 heterocycles. The maximum atomic E-state index is 10.8. The van der Waals surface area contributed by atoms with Crippen LogP contribution in [0.5, 0.6) is 0 Å². The van der Waals surface area contributed by atoms with Crippen LogP contribution in [0.1, 0.15) is 45.4 Å². The predicted octanol–water partition coefficient (Wildman–Crippen LogP) is 1.15. The van der Waals surface area contributed by atoms with Gasteiger partial charge in [0, 0.05) is 6.61 Å². The maximum Gasteiger partial charge on any atom is 0.335 e. The molecule has 0 aliphatic carbocycles. The summed E-state index contributed by atoms with van der Waals surface area (Å²) in [7, 11) is 0. The van der Waals surface area contributed by atoms with E-state index in [-0.39, 0.29) is 13.0 Å². The lowest BCUT2D eigenvalue weighted by Crippen LogP contribution is -2.38. The molecule has 0 fully saturated rings. The van der Waals surface area contributed by atoms with E-state index < -0.39 is 11.6 Å². The minimum absolute atomic E-state index is 0.0451. The first kappa shape index (κ1) is 13.4. The molecule has 4 nitrogen and oxygen atoms in total. The van der Waals surface area contributed by atoms with Crippen molar-refractivity contribution in [2.24, 2.45) is 0 Å². The molecule has 0 rings (SSSR count). The van der Waals surface area contributed by atoms with Crippen molar-refractivity contribution in [2.75, 3.05) is 6.61 Å². The van der Waals surface area contributed by atoms with Crippen molar-refractivity contribution in [3.8, 4) is 0 Å². The van der Waals surface area contributed by atoms with Crippen molar-refractivity contribution in [3.05, 3.63) is 0 Å². The van der Waals surface area contributed by atoms with Gasteiger partial charge in [-0.2, -0.15) is 0 Å². The van der Waals surface area contributed by atoms with E-state index in [2.05, 4.69) is 0 Å². The number of hydrogen-bond donors (Lipinski definition) is 3. The molecule has 0 aliphatic heterocycles. The number of carbonyl (C=O) groups is 1. The highest BCUT2D eigenvalue weighted by Crippen LogP contribution is 2.21. The minimum atomic E-state index is -1.59. The Morgan fingerprint density at radius 1 is 1.21 bits per heavy atom. The molecule has 0 amide bonds. The van der Waals surface area contributed by atoms with E-state index in [9.17, 15) is 9.90 Å². The lowest BCUT2D eigenvalue weighted by atomic mass is 9.91. The van der Waals surface area contributed by atoms with Crippen LogP contribution < -0.4 is 0 Å². The van der Waals surface area contributed by atoms with Crippen LogP contribution >= 0.6 is 0 Å². The summed E-state index contributed by atoms with van der Waals surface area (Å²) < 4.78 is 0. The van der Waals surface area contributed by atoms with Crippen LogP contribution in [0.3, 0.4) is 0 Å². The zero-order valence-corrected chi connectivity index (χ0v) is 8.70. The number of aliphatic hydroxyl groups excluding tert-OH is 1. The highest BCUT2D eigenvalue weighted by atomic mass is 16.4. The zero-order valence-electron chi connectivity index (χ0n) is 8.70. The molecular weight excluding hydrogens is 184 g/mol. The molecule has 0 aromatic rings. The van der Waals surface area contributed by atoms with Crippen molar-refractivity contribution < 1.29 is 20.1 Å². The van der Waals surface area contributed by atoms with Gasteiger partial charge in [0.2, 0.25) is 0 Å². The SMILES string of the molecule is CCCCC(O)(CCCCO)C(=O)O. The van der Waals surface area contributed by atoms with Gasteiger partial charge in [-0.15, -0.1) is 0 Å². The molecule has 1 atom stereocenters. The summed E-state index contributed by atoms with van der Waals surface area (Å²) >= 11 is 0. The maximum absolute atomic E-state index is 10.8. The molecular formula is C10H20O4. The van der Waals surface area contributed by atoms with Crippen LogP contribution in [0.15, 0.2) is 0 Å². The second-order valence-electron chi connectivity index (χ2n) is 3.62. The van der Waals surface area contributed by atoms with Gasteiger partial charge in [0.05, 0.1) is 0 Å². The van der Waals surface area contributed by atoms with Crippen molar-refractivity contribution in [1.29, 1.82) is 0 Å². The first-order chi connectivity index (χ1) is 6.56. The molecule has 0 saturated carbocycles. The first-order valence-corrected chi connectivity index (χ1v) is 5.13. The third-order valence-electron chi connectivity index (χ3n) is 2.34. The summed E-state index contributed by atoms with van der Waals surface area (Å²) in [6.45, 7) is 2.00. The minimum Gasteiger partial charge on any atom is -0.479 e. The fourth-order valence-corrected chi connectivity index (χ4v) is 1.34. The summed E-state index contributed by atoms with van der Waals surface area (Å²) in [5, 5.41) is 27.2. The lowest BCUT2D eigenvalue weighted by Gasteiger charge is -2.22. The molecule has 4 heteroatoms. The number of rotatable bonds is 8. The molecule has 0 aliphatic rings. The van der Waals surface area contributed by atoms with Gasteiger partial charge >= 0.3 is 5.97 Å². The number of aliphatic hydroxyl groups is 2. The number of aliphatic carboxylic acids is 1. The van der Waals surface area contributed by atoms with E-state index in [1.165, 1.54) is 0 Å². The van der Waals surface area contributed by atoms with E-state index >= 15 is 0 Å². The van der Waals surface area contributed by atoms with Crippen LogP contribution in [0, 0.1) is 0 Å². The largest absolute Gasteiger partial charge is 0.479 e. The van der Waals surface area contributed by atoms with Gasteiger partial charge in [-0.25, -0.2) is 4.79 Å². The fourth-order valence-electron chi connectivity index (χ4n) is 1.34. The number of carboxylic acids is 1. The Morgan fingerprint density at radius 3 is 2.21 bits per heavy atom. The second-order valence-corrected chi connectivity index (χ2v) is 3.62. The van der Waals surface area contributed by atoms with Gasteiger partial charge in [-0.3, -0.25) is 0 Å². The fraction of sp³-hybridized carbons (Fsp3) is 0.900. The average Bonchev–Trinajstić information content (AvgIpc) is 2.15. The van der Waals surface area contributed by atoms with Crippen LogP contribution in [-0.4, -0.2) is 33.5 Å². The Hall–Kier alpha value is -0.610. The van der Waals surface area contributed by atoms with Crippen molar-refractivity contribution >= 4 is 5.97 Å². The van der Waals surface area contributed by atoms with Crippen molar-refractivity contribution in [3.63, 3.8) is 0 Å². The third-order valence-corrected chi connectivity index (χ3v) is 2.34. The summed E-state index contributed by atoms with van der Waals surface area (Å²) in [6.07, 6.45) is 3.19. The normalized spacial score (nSPS) is 15.1. The zero-order chi connectivity index (χ0) is 11.0. The van der Waals surface area contributed by atoms with Crippen LogP contribution in [0.4, 0.5) is 0 Å². The smallest absolute Gasteiger partial charge is 0.335 e. The summed E-state index contributed by atoms with van der Waals surface area (Å²) in [6, 6.07) is 0. The number of hydrogen-bond acceptors (Lipinski definition) is 3. The standard InChI is InChI=1S/C10H20O4/c1-2-3-6-10(14,9(12)13)7-4-5-8-11/h11,14H,2-8H2,1H3,(H,12,13). The quantitative estimate of drug-likeness (QED) is 0.518. The Balaban J connectivity index is 4.03. The van der Waals surface area contributed by atoms with E-state index in [1.807, 2.05) is 6.92 Å². The molecule has 0 spiro atoms. The van der Waals surface area contributed by atoms with Crippen LogP contribution in [0.2, 0.25) is 0 Å². The highest BCUT2D eigenvalue weighted by Gasteiger charge is 2.34. The third kappa shape index (κ3) is 4.58. The van der Waals surface area contributed by atoms with Gasteiger partial charge in [0.15, 0.2) is 5.60 Å². The van der Waals surface area contributed by atoms with Crippen molar-refractivity contribution in [1.82, 2.24) is 0 Å². The van der Waals surface area contributed by atoms with E-state index in [0.717, 1.165) is 6.42 Å². The van der Waals surface area contributed by atoms with Gasteiger partial charge in [-0.05, 0) is 25.7 Å². The molecule has 0 saturated heterocycles. The Labute approximate surface area is 84.6 Å². The molecule has 0 bridgehead atoms. The number of carboxylic acid groups (broad SMARTS) is 1. The molecule has 14 heavy (non-hydrogen) atoms. The predicted molar refractivity (Wildman–Crippen MR) is 53.0 cm³/mol. The van der Waals surface area contributed by atoms with Crippen molar-refractivity contribution in [2.45, 2.75) is 51.0 Å². The first-order valence-electron chi connectivity index (χ1n) is 5.13. The summed E-state index contributed by atoms with van der Waals surface area (Å²) in [5.41, 5.74) is -1.59. The summed E-state index contributed by atoms with van der Waals surface area (Å²) in [4.78, 5) is 10.8. The van der Waals surface area contributed by atoms with Gasteiger partial charge < -0.3 is 15.3 Å². The molecule has 3 N–H and O–H groups in total. The van der Waals surface area contributed by atoms with Gasteiger partial charge in [0.1, 0.15) is 0 Å². The second kappa shape index (κ2) is 6.79. The number of unbranched alkanes of at least 4 members (excludes halogenated alkanes) is 2. The Kier molecular flexibility index (Phi) is 6.49. The van der Waals surface area contributed by atoms with Crippen LogP contribution in [-0.2, 0) is 4.79 Å². The summed E-state index contributed by atoms with van der Waals surface area (Å²) in [5.74, 6) is -1.15. The van der Waals surface area contributed by atoms with Gasteiger partial charge in [-0.1, -0.05) is 19.8 Å². The van der Waals surface area contributed by atoms with E-state index in [0.29, 0.717) is 25.7 Å². The molecule has 0 aromatic carbocycles. The topological polar surface area (TPSA) is 77.8 Å². The molecule has 0 aromatic heterocycles. The van der Waals surface area contributed by atoms with Gasteiger partial charge in [0.25, 0.3) is 0 Å².